The van der Waals surface area contributed by atoms with Gasteiger partial charge in [-0.15, -0.1) is 0 Å². The largest absolute Gasteiger partial charge is 0.494 e. The van der Waals surface area contributed by atoms with Crippen LogP contribution in [0.25, 0.3) is 11.5 Å². The zero-order valence-electron chi connectivity index (χ0n) is 12.1. The van der Waals surface area contributed by atoms with Gasteiger partial charge in [-0.2, -0.15) is 15.0 Å². The number of hydrogen-bond donors (Lipinski definition) is 1. The maximum Gasteiger partial charge on any atom is 0.230 e. The monoisotopic (exact) mass is 274 g/mol. The van der Waals surface area contributed by atoms with Crippen LogP contribution in [0.1, 0.15) is 6.92 Å². The lowest BCUT2D eigenvalue weighted by Crippen LogP contribution is -2.16. The van der Waals surface area contributed by atoms with Gasteiger partial charge in [-0.1, -0.05) is 0 Å². The first-order valence-corrected chi connectivity index (χ1v) is 6.32. The highest BCUT2D eigenvalue weighted by atomic mass is 16.5. The quantitative estimate of drug-likeness (QED) is 0.884. The number of rotatable bonds is 5. The van der Waals surface area contributed by atoms with Crippen molar-refractivity contribution in [3.8, 4) is 17.3 Å². The first-order valence-electron chi connectivity index (χ1n) is 6.32. The van der Waals surface area contributed by atoms with Crippen LogP contribution in [0.5, 0.6) is 5.75 Å². The molecule has 0 saturated heterocycles. The molecular formula is C13H18N6O. The molecule has 2 heterocycles. The molecule has 0 saturated carbocycles. The lowest BCUT2D eigenvalue weighted by Gasteiger charge is -2.13. The Morgan fingerprint density at radius 3 is 2.70 bits per heavy atom. The molecule has 0 aliphatic carbocycles. The molecule has 0 bridgehead atoms. The highest BCUT2D eigenvalue weighted by molar-refractivity contribution is 5.61. The van der Waals surface area contributed by atoms with Crippen molar-refractivity contribution >= 4 is 11.9 Å². The summed E-state index contributed by atoms with van der Waals surface area (Å²) in [7, 11) is 5.36. The summed E-state index contributed by atoms with van der Waals surface area (Å²) in [5, 5.41) is 3.09. The van der Waals surface area contributed by atoms with E-state index in [0.29, 0.717) is 29.2 Å². The molecule has 0 unspecified atom stereocenters. The Bertz CT molecular complexity index is 587. The summed E-state index contributed by atoms with van der Waals surface area (Å²) in [5.74, 6) is 2.20. The number of hydrogen-bond acceptors (Lipinski definition) is 7. The minimum atomic E-state index is 0.483. The van der Waals surface area contributed by atoms with E-state index in [0.717, 1.165) is 6.54 Å². The minimum absolute atomic E-state index is 0.483. The van der Waals surface area contributed by atoms with Crippen LogP contribution in [0.2, 0.25) is 0 Å². The van der Waals surface area contributed by atoms with E-state index in [1.54, 1.807) is 13.3 Å². The summed E-state index contributed by atoms with van der Waals surface area (Å²) in [6, 6.07) is 3.63. The second kappa shape index (κ2) is 6.14. The van der Waals surface area contributed by atoms with E-state index >= 15 is 0 Å². The van der Waals surface area contributed by atoms with Crippen molar-refractivity contribution in [2.24, 2.45) is 0 Å². The Hall–Kier alpha value is -2.44. The fraction of sp³-hybridized carbons (Fsp3) is 0.385. The van der Waals surface area contributed by atoms with Crippen molar-refractivity contribution < 1.29 is 4.74 Å². The van der Waals surface area contributed by atoms with E-state index in [-0.39, 0.29) is 0 Å². The Kier molecular flexibility index (Phi) is 4.29. The SMILES string of the molecule is CCNc1nc(-c2ncccc2OC)nc(N(C)C)n1. The van der Waals surface area contributed by atoms with Crippen molar-refractivity contribution in [2.75, 3.05) is 38.0 Å². The number of nitrogens with one attached hydrogen (secondary N) is 1. The number of pyridine rings is 1. The third-order valence-corrected chi connectivity index (χ3v) is 2.56. The Balaban J connectivity index is 2.54. The van der Waals surface area contributed by atoms with E-state index in [9.17, 15) is 0 Å². The van der Waals surface area contributed by atoms with Crippen LogP contribution in [-0.2, 0) is 0 Å². The van der Waals surface area contributed by atoms with E-state index in [1.807, 2.05) is 38.1 Å². The zero-order chi connectivity index (χ0) is 14.5. The summed E-state index contributed by atoms with van der Waals surface area (Å²) in [6.07, 6.45) is 1.68. The van der Waals surface area contributed by atoms with Crippen LogP contribution < -0.4 is 15.0 Å². The zero-order valence-corrected chi connectivity index (χ0v) is 12.1. The van der Waals surface area contributed by atoms with Crippen LogP contribution in [0.15, 0.2) is 18.3 Å². The van der Waals surface area contributed by atoms with Gasteiger partial charge in [-0.05, 0) is 19.1 Å². The van der Waals surface area contributed by atoms with Crippen LogP contribution >= 0.6 is 0 Å². The summed E-state index contributed by atoms with van der Waals surface area (Å²) < 4.78 is 5.30. The lowest BCUT2D eigenvalue weighted by molar-refractivity contribution is 0.414. The van der Waals surface area contributed by atoms with Crippen LogP contribution in [0.4, 0.5) is 11.9 Å². The Morgan fingerprint density at radius 2 is 2.05 bits per heavy atom. The molecular weight excluding hydrogens is 256 g/mol. The first kappa shape index (κ1) is 14.0. The predicted molar refractivity (Wildman–Crippen MR) is 78.1 cm³/mol. The van der Waals surface area contributed by atoms with Gasteiger partial charge < -0.3 is 15.0 Å². The fourth-order valence-electron chi connectivity index (χ4n) is 1.63. The van der Waals surface area contributed by atoms with Crippen molar-refractivity contribution in [1.82, 2.24) is 19.9 Å². The molecule has 2 rings (SSSR count). The van der Waals surface area contributed by atoms with Gasteiger partial charge in [0.05, 0.1) is 7.11 Å². The second-order valence-electron chi connectivity index (χ2n) is 4.26. The van der Waals surface area contributed by atoms with Gasteiger partial charge in [-0.25, -0.2) is 4.98 Å². The van der Waals surface area contributed by atoms with Gasteiger partial charge in [0.1, 0.15) is 11.4 Å². The molecule has 106 valence electrons. The molecule has 0 radical (unpaired) electrons. The average molecular weight is 274 g/mol. The first-order chi connectivity index (χ1) is 9.65. The van der Waals surface area contributed by atoms with E-state index in [2.05, 4.69) is 25.3 Å². The van der Waals surface area contributed by atoms with Crippen LogP contribution in [-0.4, -0.2) is 47.7 Å². The van der Waals surface area contributed by atoms with Gasteiger partial charge in [0.2, 0.25) is 11.9 Å². The smallest absolute Gasteiger partial charge is 0.230 e. The van der Waals surface area contributed by atoms with Gasteiger partial charge in [0, 0.05) is 26.8 Å². The third-order valence-electron chi connectivity index (χ3n) is 2.56. The molecule has 7 heteroatoms. The van der Waals surface area contributed by atoms with E-state index < -0.39 is 0 Å². The molecule has 0 fully saturated rings. The molecule has 7 nitrogen and oxygen atoms in total. The van der Waals surface area contributed by atoms with Crippen molar-refractivity contribution in [3.05, 3.63) is 18.3 Å². The van der Waals surface area contributed by atoms with Gasteiger partial charge in [0.25, 0.3) is 0 Å². The molecule has 0 amide bonds. The summed E-state index contributed by atoms with van der Waals surface area (Å²) in [5.41, 5.74) is 0.597. The van der Waals surface area contributed by atoms with Gasteiger partial charge >= 0.3 is 0 Å². The second-order valence-corrected chi connectivity index (χ2v) is 4.26. The van der Waals surface area contributed by atoms with Crippen molar-refractivity contribution in [2.45, 2.75) is 6.92 Å². The molecule has 1 N–H and O–H groups in total. The van der Waals surface area contributed by atoms with E-state index in [1.165, 1.54) is 0 Å². The van der Waals surface area contributed by atoms with Crippen molar-refractivity contribution in [3.63, 3.8) is 0 Å². The number of nitrogens with zero attached hydrogens (tertiary/aromatic N) is 5. The number of methoxy groups -OCH3 is 1. The molecule has 20 heavy (non-hydrogen) atoms. The molecule has 2 aromatic heterocycles. The van der Waals surface area contributed by atoms with E-state index in [4.69, 9.17) is 4.74 Å². The molecule has 0 aliphatic rings. The summed E-state index contributed by atoms with van der Waals surface area (Å²) in [6.45, 7) is 2.72. The summed E-state index contributed by atoms with van der Waals surface area (Å²) in [4.78, 5) is 19.2. The normalized spacial score (nSPS) is 10.2. The Labute approximate surface area is 118 Å². The minimum Gasteiger partial charge on any atom is -0.494 e. The number of anilines is 2. The fourth-order valence-corrected chi connectivity index (χ4v) is 1.63. The lowest BCUT2D eigenvalue weighted by atomic mass is 10.3. The number of aromatic nitrogens is 4. The predicted octanol–water partition coefficient (Wildman–Crippen LogP) is 1.44. The highest BCUT2D eigenvalue weighted by Crippen LogP contribution is 2.25. The third kappa shape index (κ3) is 2.93. The van der Waals surface area contributed by atoms with Crippen LogP contribution in [0.3, 0.4) is 0 Å². The maximum absolute atomic E-state index is 5.30. The maximum atomic E-state index is 5.30. The van der Waals surface area contributed by atoms with Gasteiger partial charge in [0.15, 0.2) is 5.82 Å². The Morgan fingerprint density at radius 1 is 1.25 bits per heavy atom. The standard InChI is InChI=1S/C13H18N6O/c1-5-14-12-16-11(17-13(18-12)19(2)3)10-9(20-4)7-6-8-15-10/h6-8H,5H2,1-4H3,(H,14,16,17,18). The highest BCUT2D eigenvalue weighted by Gasteiger charge is 2.14. The van der Waals surface area contributed by atoms with Crippen molar-refractivity contribution in [1.29, 1.82) is 0 Å². The van der Waals surface area contributed by atoms with Gasteiger partial charge in [-0.3, -0.25) is 0 Å². The molecule has 0 aliphatic heterocycles. The topological polar surface area (TPSA) is 76.1 Å². The molecule has 0 aromatic carbocycles. The average Bonchev–Trinajstić information content (AvgIpc) is 2.47. The summed E-state index contributed by atoms with van der Waals surface area (Å²) >= 11 is 0. The molecule has 0 spiro atoms. The molecule has 0 atom stereocenters. The molecule has 2 aromatic rings. The number of ether oxygens (including phenoxy) is 1. The van der Waals surface area contributed by atoms with Crippen LogP contribution in [0, 0.1) is 0 Å².